The highest BCUT2D eigenvalue weighted by Crippen LogP contribution is 2.22. The minimum atomic E-state index is -0.461. The molecule has 0 radical (unpaired) electrons. The molecular formula is C10H12INO2. The Hall–Kier alpha value is -0.780. The molecule has 1 amide bonds. The number of hydrogen-bond donors (Lipinski definition) is 1. The molecule has 1 rings (SSSR count). The smallest absolute Gasteiger partial charge is 0.252 e. The van der Waals surface area contributed by atoms with Crippen LogP contribution in [-0.4, -0.2) is 12.0 Å². The normalized spacial score (nSPS) is 10.3. The van der Waals surface area contributed by atoms with Crippen LogP contribution in [0, 0.1) is 3.57 Å². The summed E-state index contributed by atoms with van der Waals surface area (Å²) in [5, 5.41) is 0. The lowest BCUT2D eigenvalue weighted by molar-refractivity contribution is 0.0994. The van der Waals surface area contributed by atoms with Gasteiger partial charge in [0, 0.05) is 3.57 Å². The highest BCUT2D eigenvalue weighted by atomic mass is 127. The molecule has 0 aliphatic carbocycles. The van der Waals surface area contributed by atoms with Crippen LogP contribution in [-0.2, 0) is 0 Å². The van der Waals surface area contributed by atoms with Gasteiger partial charge in [0.25, 0.3) is 5.91 Å². The molecule has 3 nitrogen and oxygen atoms in total. The fourth-order valence-corrected chi connectivity index (χ4v) is 1.51. The van der Waals surface area contributed by atoms with Gasteiger partial charge in [-0.3, -0.25) is 4.79 Å². The molecule has 1 aromatic rings. The number of ether oxygens (including phenoxy) is 1. The molecule has 1 aromatic carbocycles. The van der Waals surface area contributed by atoms with E-state index in [1.54, 1.807) is 12.1 Å². The summed E-state index contributed by atoms with van der Waals surface area (Å²) in [6, 6.07) is 5.32. The van der Waals surface area contributed by atoms with Crippen molar-refractivity contribution < 1.29 is 9.53 Å². The molecule has 0 atom stereocenters. The third-order valence-corrected chi connectivity index (χ3v) is 2.24. The maximum absolute atomic E-state index is 11.1. The van der Waals surface area contributed by atoms with Crippen LogP contribution < -0.4 is 10.5 Å². The molecule has 0 aliphatic rings. The predicted molar refractivity (Wildman–Crippen MR) is 63.4 cm³/mol. The maximum Gasteiger partial charge on any atom is 0.252 e. The molecule has 0 aliphatic heterocycles. The van der Waals surface area contributed by atoms with Crippen molar-refractivity contribution in [1.82, 2.24) is 0 Å². The number of halogens is 1. The van der Waals surface area contributed by atoms with Crippen LogP contribution in [0.1, 0.15) is 24.2 Å². The molecule has 76 valence electrons. The first-order chi connectivity index (χ1) is 6.50. The monoisotopic (exact) mass is 305 g/mol. The lowest BCUT2D eigenvalue weighted by Crippen LogP contribution is -2.15. The molecule has 0 bridgehead atoms. The summed E-state index contributed by atoms with van der Waals surface area (Å²) in [6.07, 6.45) is 0.0336. The third kappa shape index (κ3) is 2.87. The van der Waals surface area contributed by atoms with Gasteiger partial charge in [-0.1, -0.05) is 0 Å². The highest BCUT2D eigenvalue weighted by molar-refractivity contribution is 14.1. The van der Waals surface area contributed by atoms with Crippen molar-refractivity contribution in [2.24, 2.45) is 5.73 Å². The fraction of sp³-hybridized carbons (Fsp3) is 0.300. The van der Waals surface area contributed by atoms with Crippen molar-refractivity contribution in [2.45, 2.75) is 20.0 Å². The van der Waals surface area contributed by atoms with Gasteiger partial charge in [-0.15, -0.1) is 0 Å². The Morgan fingerprint density at radius 3 is 2.64 bits per heavy atom. The number of carbonyl (C=O) groups is 1. The van der Waals surface area contributed by atoms with Gasteiger partial charge in [0.15, 0.2) is 0 Å². The van der Waals surface area contributed by atoms with E-state index in [0.29, 0.717) is 11.3 Å². The van der Waals surface area contributed by atoms with E-state index in [1.807, 2.05) is 19.9 Å². The van der Waals surface area contributed by atoms with Crippen molar-refractivity contribution in [2.75, 3.05) is 0 Å². The maximum atomic E-state index is 11.1. The molecule has 0 fully saturated rings. The van der Waals surface area contributed by atoms with Crippen LogP contribution in [0.5, 0.6) is 5.75 Å². The number of primary amides is 1. The first kappa shape index (κ1) is 11.3. The Morgan fingerprint density at radius 2 is 2.14 bits per heavy atom. The molecule has 0 saturated carbocycles. The molecule has 0 saturated heterocycles. The second kappa shape index (κ2) is 4.63. The van der Waals surface area contributed by atoms with Crippen LogP contribution >= 0.6 is 22.6 Å². The topological polar surface area (TPSA) is 52.3 Å². The number of amides is 1. The van der Waals surface area contributed by atoms with E-state index in [-0.39, 0.29) is 6.10 Å². The van der Waals surface area contributed by atoms with Gasteiger partial charge >= 0.3 is 0 Å². The van der Waals surface area contributed by atoms with Gasteiger partial charge in [-0.05, 0) is 54.6 Å². The lowest BCUT2D eigenvalue weighted by atomic mass is 10.2. The molecule has 2 N–H and O–H groups in total. The van der Waals surface area contributed by atoms with Crippen LogP contribution in [0.2, 0.25) is 0 Å². The Balaban J connectivity index is 3.09. The zero-order valence-electron chi connectivity index (χ0n) is 8.08. The highest BCUT2D eigenvalue weighted by Gasteiger charge is 2.10. The van der Waals surface area contributed by atoms with Crippen LogP contribution in [0.3, 0.4) is 0 Å². The third-order valence-electron chi connectivity index (χ3n) is 1.57. The summed E-state index contributed by atoms with van der Waals surface area (Å²) in [7, 11) is 0. The number of carbonyl (C=O) groups excluding carboxylic acids is 1. The van der Waals surface area contributed by atoms with Crippen LogP contribution in [0.4, 0.5) is 0 Å². The molecule has 0 aromatic heterocycles. The van der Waals surface area contributed by atoms with Crippen molar-refractivity contribution in [3.63, 3.8) is 0 Å². The Labute approximate surface area is 96.8 Å². The van der Waals surface area contributed by atoms with Gasteiger partial charge in [-0.2, -0.15) is 0 Å². The summed E-state index contributed by atoms with van der Waals surface area (Å²) in [6.45, 7) is 3.81. The van der Waals surface area contributed by atoms with Gasteiger partial charge in [-0.25, -0.2) is 0 Å². The first-order valence-electron chi connectivity index (χ1n) is 4.26. The van der Waals surface area contributed by atoms with Gasteiger partial charge in [0.05, 0.1) is 11.7 Å². The number of hydrogen-bond acceptors (Lipinski definition) is 2. The Bertz CT molecular complexity index is 350. The van der Waals surface area contributed by atoms with Gasteiger partial charge in [0.2, 0.25) is 0 Å². The van der Waals surface area contributed by atoms with Crippen molar-refractivity contribution >= 4 is 28.5 Å². The molecule has 0 spiro atoms. The van der Waals surface area contributed by atoms with Crippen molar-refractivity contribution in [1.29, 1.82) is 0 Å². The largest absolute Gasteiger partial charge is 0.490 e. The average Bonchev–Trinajstić information content (AvgIpc) is 2.01. The summed E-state index contributed by atoms with van der Waals surface area (Å²) < 4.78 is 6.50. The lowest BCUT2D eigenvalue weighted by Gasteiger charge is -2.12. The second-order valence-electron chi connectivity index (χ2n) is 3.17. The average molecular weight is 305 g/mol. The minimum Gasteiger partial charge on any atom is -0.490 e. The van der Waals surface area contributed by atoms with Gasteiger partial charge in [0.1, 0.15) is 5.75 Å². The minimum absolute atomic E-state index is 0.0336. The van der Waals surface area contributed by atoms with Crippen LogP contribution in [0.15, 0.2) is 18.2 Å². The number of nitrogens with two attached hydrogens (primary N) is 1. The standard InChI is InChI=1S/C10H12INO2/c1-6(2)14-9-5-7(11)3-4-8(9)10(12)13/h3-6H,1-2H3,(H2,12,13). The Kier molecular flexibility index (Phi) is 3.74. The molecular weight excluding hydrogens is 293 g/mol. The number of benzene rings is 1. The summed E-state index contributed by atoms with van der Waals surface area (Å²) >= 11 is 2.16. The zero-order valence-corrected chi connectivity index (χ0v) is 10.2. The van der Waals surface area contributed by atoms with Crippen molar-refractivity contribution in [3.8, 4) is 5.75 Å². The first-order valence-corrected chi connectivity index (χ1v) is 5.34. The molecule has 0 heterocycles. The summed E-state index contributed by atoms with van der Waals surface area (Å²) in [5.41, 5.74) is 5.65. The summed E-state index contributed by atoms with van der Waals surface area (Å²) in [4.78, 5) is 11.1. The molecule has 4 heteroatoms. The van der Waals surface area contributed by atoms with E-state index in [9.17, 15) is 4.79 Å². The van der Waals surface area contributed by atoms with Crippen LogP contribution in [0.25, 0.3) is 0 Å². The molecule has 14 heavy (non-hydrogen) atoms. The SMILES string of the molecule is CC(C)Oc1cc(I)ccc1C(N)=O. The van der Waals surface area contributed by atoms with E-state index in [1.165, 1.54) is 0 Å². The second-order valence-corrected chi connectivity index (χ2v) is 4.42. The zero-order chi connectivity index (χ0) is 10.7. The number of rotatable bonds is 3. The van der Waals surface area contributed by atoms with E-state index in [0.717, 1.165) is 3.57 Å². The van der Waals surface area contributed by atoms with E-state index in [2.05, 4.69) is 22.6 Å². The van der Waals surface area contributed by atoms with Gasteiger partial charge < -0.3 is 10.5 Å². The summed E-state index contributed by atoms with van der Waals surface area (Å²) in [5.74, 6) is 0.0939. The Morgan fingerprint density at radius 1 is 1.50 bits per heavy atom. The van der Waals surface area contributed by atoms with E-state index in [4.69, 9.17) is 10.5 Å². The quantitative estimate of drug-likeness (QED) is 0.870. The van der Waals surface area contributed by atoms with E-state index < -0.39 is 5.91 Å². The predicted octanol–water partition coefficient (Wildman–Crippen LogP) is 2.18. The molecule has 0 unspecified atom stereocenters. The van der Waals surface area contributed by atoms with E-state index >= 15 is 0 Å². The fourth-order valence-electron chi connectivity index (χ4n) is 1.05. The van der Waals surface area contributed by atoms with Crippen molar-refractivity contribution in [3.05, 3.63) is 27.3 Å².